The van der Waals surface area contributed by atoms with E-state index in [-0.39, 0.29) is 12.1 Å². The lowest BCUT2D eigenvalue weighted by molar-refractivity contribution is 0.0457. The van der Waals surface area contributed by atoms with Crippen molar-refractivity contribution in [2.24, 2.45) is 0 Å². The highest BCUT2D eigenvalue weighted by Crippen LogP contribution is 2.18. The maximum absolute atomic E-state index is 9.57. The van der Waals surface area contributed by atoms with Gasteiger partial charge in [-0.15, -0.1) is 0 Å². The molecule has 0 aliphatic carbocycles. The van der Waals surface area contributed by atoms with Crippen LogP contribution in [0.15, 0.2) is 0 Å². The van der Waals surface area contributed by atoms with Crippen molar-refractivity contribution in [3.8, 4) is 0 Å². The van der Waals surface area contributed by atoms with E-state index in [1.807, 2.05) is 6.92 Å². The van der Waals surface area contributed by atoms with Crippen LogP contribution < -0.4 is 5.32 Å². The fourth-order valence-corrected chi connectivity index (χ4v) is 2.08. The molecule has 2 N–H and O–H groups in total. The lowest BCUT2D eigenvalue weighted by atomic mass is 9.90. The molecule has 1 atom stereocenters. The van der Waals surface area contributed by atoms with E-state index < -0.39 is 0 Å². The summed E-state index contributed by atoms with van der Waals surface area (Å²) in [4.78, 5) is 0. The molecule has 0 saturated heterocycles. The Bertz CT molecular complexity index is 182. The standard InChI is InChI=1S/C14H31NO3/c1-5-14(12-16,15-13(3)4)8-7-9-18-11-10-17-6-2/h13,15-16H,5-12H2,1-4H3. The SMILES string of the molecule is CCOCCOCCCC(CC)(CO)NC(C)C. The van der Waals surface area contributed by atoms with Crippen molar-refractivity contribution in [1.82, 2.24) is 5.32 Å². The molecule has 18 heavy (non-hydrogen) atoms. The summed E-state index contributed by atoms with van der Waals surface area (Å²) in [6.45, 7) is 11.3. The van der Waals surface area contributed by atoms with Gasteiger partial charge in [-0.25, -0.2) is 0 Å². The second-order valence-electron chi connectivity index (χ2n) is 5.00. The number of hydrogen-bond donors (Lipinski definition) is 2. The van der Waals surface area contributed by atoms with Crippen molar-refractivity contribution in [3.63, 3.8) is 0 Å². The Morgan fingerprint density at radius 2 is 1.78 bits per heavy atom. The molecule has 0 aromatic carbocycles. The second-order valence-corrected chi connectivity index (χ2v) is 5.00. The van der Waals surface area contributed by atoms with Crippen LogP contribution in [0, 0.1) is 0 Å². The van der Waals surface area contributed by atoms with Gasteiger partial charge in [0.1, 0.15) is 0 Å². The molecule has 0 spiro atoms. The topological polar surface area (TPSA) is 50.7 Å². The maximum Gasteiger partial charge on any atom is 0.0700 e. The Kier molecular flexibility index (Phi) is 10.6. The smallest absolute Gasteiger partial charge is 0.0700 e. The number of aliphatic hydroxyl groups excluding tert-OH is 1. The van der Waals surface area contributed by atoms with Crippen LogP contribution in [0.1, 0.15) is 47.0 Å². The lowest BCUT2D eigenvalue weighted by Gasteiger charge is -2.34. The number of nitrogens with one attached hydrogen (secondary N) is 1. The Hall–Kier alpha value is -0.160. The number of rotatable bonds is 12. The van der Waals surface area contributed by atoms with Crippen LogP contribution in [0.3, 0.4) is 0 Å². The first-order chi connectivity index (χ1) is 8.60. The van der Waals surface area contributed by atoms with Gasteiger partial charge in [-0.1, -0.05) is 20.8 Å². The minimum Gasteiger partial charge on any atom is -0.394 e. The molecule has 0 bridgehead atoms. The molecule has 0 rings (SSSR count). The molecule has 0 aromatic heterocycles. The van der Waals surface area contributed by atoms with Crippen molar-refractivity contribution in [3.05, 3.63) is 0 Å². The van der Waals surface area contributed by atoms with Crippen LogP contribution >= 0.6 is 0 Å². The fourth-order valence-electron chi connectivity index (χ4n) is 2.08. The van der Waals surface area contributed by atoms with E-state index in [1.165, 1.54) is 0 Å². The molecule has 4 heteroatoms. The third kappa shape index (κ3) is 8.03. The molecule has 4 nitrogen and oxygen atoms in total. The summed E-state index contributed by atoms with van der Waals surface area (Å²) in [6, 6.07) is 0.385. The van der Waals surface area contributed by atoms with Gasteiger partial charge >= 0.3 is 0 Å². The monoisotopic (exact) mass is 261 g/mol. The highest BCUT2D eigenvalue weighted by Gasteiger charge is 2.26. The summed E-state index contributed by atoms with van der Waals surface area (Å²) in [7, 11) is 0. The molecule has 1 unspecified atom stereocenters. The van der Waals surface area contributed by atoms with Crippen LogP contribution in [0.4, 0.5) is 0 Å². The predicted molar refractivity (Wildman–Crippen MR) is 74.9 cm³/mol. The number of hydrogen-bond acceptors (Lipinski definition) is 4. The van der Waals surface area contributed by atoms with E-state index in [9.17, 15) is 5.11 Å². The summed E-state index contributed by atoms with van der Waals surface area (Å²) >= 11 is 0. The predicted octanol–water partition coefficient (Wildman–Crippen LogP) is 1.96. The number of ether oxygens (including phenoxy) is 2. The normalized spacial score (nSPS) is 15.0. The van der Waals surface area contributed by atoms with E-state index in [0.29, 0.717) is 19.3 Å². The first-order valence-electron chi connectivity index (χ1n) is 7.14. The minimum atomic E-state index is -0.155. The van der Waals surface area contributed by atoms with Gasteiger partial charge in [0.25, 0.3) is 0 Å². The minimum absolute atomic E-state index is 0.155. The zero-order chi connectivity index (χ0) is 13.9. The van der Waals surface area contributed by atoms with Gasteiger partial charge in [-0.2, -0.15) is 0 Å². The second kappa shape index (κ2) is 10.7. The Morgan fingerprint density at radius 1 is 1.11 bits per heavy atom. The van der Waals surface area contributed by atoms with Gasteiger partial charge in [0.15, 0.2) is 0 Å². The average Bonchev–Trinajstić information content (AvgIpc) is 2.36. The van der Waals surface area contributed by atoms with Crippen LogP contribution in [0.5, 0.6) is 0 Å². The first-order valence-corrected chi connectivity index (χ1v) is 7.14. The van der Waals surface area contributed by atoms with Gasteiger partial charge < -0.3 is 19.9 Å². The van der Waals surface area contributed by atoms with Crippen LogP contribution in [0.2, 0.25) is 0 Å². The van der Waals surface area contributed by atoms with E-state index in [1.54, 1.807) is 0 Å². The molecule has 0 heterocycles. The van der Waals surface area contributed by atoms with Gasteiger partial charge in [-0.3, -0.25) is 0 Å². The van der Waals surface area contributed by atoms with E-state index in [0.717, 1.165) is 32.5 Å². The van der Waals surface area contributed by atoms with Crippen molar-refractivity contribution in [2.75, 3.05) is 33.0 Å². The molecule has 0 aromatic rings. The van der Waals surface area contributed by atoms with Crippen molar-refractivity contribution in [1.29, 1.82) is 0 Å². The lowest BCUT2D eigenvalue weighted by Crippen LogP contribution is -2.51. The third-order valence-electron chi connectivity index (χ3n) is 3.09. The maximum atomic E-state index is 9.57. The summed E-state index contributed by atoms with van der Waals surface area (Å²) in [5.41, 5.74) is -0.155. The van der Waals surface area contributed by atoms with Crippen molar-refractivity contribution < 1.29 is 14.6 Å². The van der Waals surface area contributed by atoms with Crippen LogP contribution in [0.25, 0.3) is 0 Å². The van der Waals surface area contributed by atoms with Crippen LogP contribution in [-0.4, -0.2) is 49.7 Å². The van der Waals surface area contributed by atoms with Crippen LogP contribution in [-0.2, 0) is 9.47 Å². The third-order valence-corrected chi connectivity index (χ3v) is 3.09. The largest absolute Gasteiger partial charge is 0.394 e. The Balaban J connectivity index is 3.76. The average molecular weight is 261 g/mol. The van der Waals surface area contributed by atoms with Gasteiger partial charge in [0.2, 0.25) is 0 Å². The zero-order valence-electron chi connectivity index (χ0n) is 12.5. The highest BCUT2D eigenvalue weighted by atomic mass is 16.5. The summed E-state index contributed by atoms with van der Waals surface area (Å²) < 4.78 is 10.7. The molecule has 0 fully saturated rings. The van der Waals surface area contributed by atoms with Crippen molar-refractivity contribution in [2.45, 2.75) is 58.5 Å². The summed E-state index contributed by atoms with van der Waals surface area (Å²) in [5, 5.41) is 13.0. The van der Waals surface area contributed by atoms with E-state index >= 15 is 0 Å². The zero-order valence-corrected chi connectivity index (χ0v) is 12.5. The first kappa shape index (κ1) is 17.8. The summed E-state index contributed by atoms with van der Waals surface area (Å²) in [5.74, 6) is 0. The van der Waals surface area contributed by atoms with E-state index in [4.69, 9.17) is 9.47 Å². The fraction of sp³-hybridized carbons (Fsp3) is 1.00. The van der Waals surface area contributed by atoms with Gasteiger partial charge in [0, 0.05) is 24.8 Å². The van der Waals surface area contributed by atoms with E-state index in [2.05, 4.69) is 26.1 Å². The number of aliphatic hydroxyl groups is 1. The highest BCUT2D eigenvalue weighted by molar-refractivity contribution is 4.87. The molecular formula is C14H31NO3. The van der Waals surface area contributed by atoms with Crippen molar-refractivity contribution >= 4 is 0 Å². The Labute approximate surface area is 112 Å². The summed E-state index contributed by atoms with van der Waals surface area (Å²) in [6.07, 6.45) is 2.83. The molecule has 0 radical (unpaired) electrons. The molecule has 0 aliphatic rings. The molecule has 0 aliphatic heterocycles. The van der Waals surface area contributed by atoms with Gasteiger partial charge in [0.05, 0.1) is 19.8 Å². The molecule has 110 valence electrons. The molecule has 0 amide bonds. The van der Waals surface area contributed by atoms with Gasteiger partial charge in [-0.05, 0) is 26.2 Å². The molecule has 0 saturated carbocycles. The Morgan fingerprint density at radius 3 is 2.28 bits per heavy atom. The quantitative estimate of drug-likeness (QED) is 0.527. The molecular weight excluding hydrogens is 230 g/mol.